The maximum Gasteiger partial charge on any atom is 0.247 e. The van der Waals surface area contributed by atoms with Crippen molar-refractivity contribution >= 4 is 5.69 Å². The number of hydrogen-bond donors (Lipinski definition) is 2. The molecule has 0 atom stereocenters. The molecule has 1 saturated heterocycles. The van der Waals surface area contributed by atoms with E-state index in [1.165, 1.54) is 6.07 Å². The van der Waals surface area contributed by atoms with Gasteiger partial charge in [-0.05, 0) is 37.5 Å². The first-order valence-electron chi connectivity index (χ1n) is 7.19. The van der Waals surface area contributed by atoms with Crippen LogP contribution in [0.4, 0.5) is 5.69 Å². The first-order valence-corrected chi connectivity index (χ1v) is 7.19. The van der Waals surface area contributed by atoms with Crippen LogP contribution in [0.1, 0.15) is 30.0 Å². The highest BCUT2D eigenvalue weighted by atomic mass is 16.5. The number of hydrogen-bond acceptors (Lipinski definition) is 4. The summed E-state index contributed by atoms with van der Waals surface area (Å²) in [6.07, 6.45) is 3.60. The summed E-state index contributed by atoms with van der Waals surface area (Å²) in [4.78, 5) is 18.7. The second-order valence-corrected chi connectivity index (χ2v) is 5.46. The molecule has 2 aromatic heterocycles. The van der Waals surface area contributed by atoms with Crippen molar-refractivity contribution in [1.82, 2.24) is 9.97 Å². The Bertz CT molecular complexity index is 683. The van der Waals surface area contributed by atoms with Crippen molar-refractivity contribution in [3.8, 4) is 11.3 Å². The maximum absolute atomic E-state index is 11.2. The normalized spacial score (nSPS) is 16.0. The van der Waals surface area contributed by atoms with Crippen molar-refractivity contribution in [2.45, 2.75) is 25.7 Å². The molecule has 0 aliphatic carbocycles. The Morgan fingerprint density at radius 3 is 2.76 bits per heavy atom. The number of nitrogens with zero attached hydrogens (tertiary/aromatic N) is 1. The van der Waals surface area contributed by atoms with E-state index in [4.69, 9.17) is 15.5 Å². The van der Waals surface area contributed by atoms with E-state index in [2.05, 4.69) is 4.98 Å². The average Bonchev–Trinajstić information content (AvgIpc) is 2.49. The number of ether oxygens (including phenoxy) is 1. The Hall–Kier alpha value is -2.14. The molecule has 0 unspecified atom stereocenters. The Kier molecular flexibility index (Phi) is 3.75. The van der Waals surface area contributed by atoms with Crippen LogP contribution in [0.3, 0.4) is 0 Å². The smallest absolute Gasteiger partial charge is 0.247 e. The Balaban J connectivity index is 2.04. The molecule has 3 N–H and O–H groups in total. The van der Waals surface area contributed by atoms with Gasteiger partial charge in [0.1, 0.15) is 0 Å². The number of aromatic amines is 1. The quantitative estimate of drug-likeness (QED) is 0.886. The third-order valence-electron chi connectivity index (χ3n) is 3.94. The van der Waals surface area contributed by atoms with E-state index in [1.54, 1.807) is 12.3 Å². The van der Waals surface area contributed by atoms with Gasteiger partial charge in [-0.25, -0.2) is 0 Å². The summed E-state index contributed by atoms with van der Waals surface area (Å²) in [5.74, 6) is 0.348. The van der Waals surface area contributed by atoms with Crippen LogP contribution in [0, 0.1) is 6.92 Å². The molecule has 0 radical (unpaired) electrons. The molecule has 1 aliphatic heterocycles. The van der Waals surface area contributed by atoms with Crippen LogP contribution < -0.4 is 11.3 Å². The van der Waals surface area contributed by atoms with Crippen molar-refractivity contribution in [2.24, 2.45) is 0 Å². The van der Waals surface area contributed by atoms with Crippen molar-refractivity contribution in [1.29, 1.82) is 0 Å². The molecule has 21 heavy (non-hydrogen) atoms. The lowest BCUT2D eigenvalue weighted by atomic mass is 9.93. The minimum atomic E-state index is -0.114. The lowest BCUT2D eigenvalue weighted by Crippen LogP contribution is -2.17. The van der Waals surface area contributed by atoms with Crippen molar-refractivity contribution in [3.63, 3.8) is 0 Å². The maximum atomic E-state index is 11.2. The fraction of sp³-hybridized carbons (Fsp3) is 0.375. The molecular formula is C16H19N3O2. The summed E-state index contributed by atoms with van der Waals surface area (Å²) in [5, 5.41) is 0. The highest BCUT2D eigenvalue weighted by Gasteiger charge is 2.21. The van der Waals surface area contributed by atoms with Gasteiger partial charge in [0.15, 0.2) is 0 Å². The van der Waals surface area contributed by atoms with Gasteiger partial charge in [0.2, 0.25) is 5.56 Å². The number of H-pyrrole nitrogens is 1. The van der Waals surface area contributed by atoms with Gasteiger partial charge in [-0.1, -0.05) is 0 Å². The lowest BCUT2D eigenvalue weighted by Gasteiger charge is -2.23. The van der Waals surface area contributed by atoms with Crippen LogP contribution in [0.25, 0.3) is 11.3 Å². The number of anilines is 1. The monoisotopic (exact) mass is 285 g/mol. The number of aryl methyl sites for hydroxylation is 1. The molecule has 0 spiro atoms. The topological polar surface area (TPSA) is 81.0 Å². The summed E-state index contributed by atoms with van der Waals surface area (Å²) in [6, 6.07) is 5.28. The summed E-state index contributed by atoms with van der Waals surface area (Å²) >= 11 is 0. The molecule has 0 aromatic carbocycles. The van der Waals surface area contributed by atoms with Gasteiger partial charge in [0.05, 0.1) is 17.1 Å². The van der Waals surface area contributed by atoms with Gasteiger partial charge in [0.25, 0.3) is 0 Å². The Morgan fingerprint density at radius 2 is 2.10 bits per heavy atom. The zero-order chi connectivity index (χ0) is 14.8. The molecule has 3 rings (SSSR count). The van der Waals surface area contributed by atoms with Gasteiger partial charge < -0.3 is 15.5 Å². The van der Waals surface area contributed by atoms with E-state index in [0.29, 0.717) is 5.92 Å². The van der Waals surface area contributed by atoms with E-state index in [1.807, 2.05) is 13.0 Å². The minimum Gasteiger partial charge on any atom is -0.397 e. The summed E-state index contributed by atoms with van der Waals surface area (Å²) < 4.78 is 5.40. The summed E-state index contributed by atoms with van der Waals surface area (Å²) in [6.45, 7) is 3.50. The predicted octanol–water partition coefficient (Wildman–Crippen LogP) is 2.22. The number of rotatable bonds is 2. The third-order valence-corrected chi connectivity index (χ3v) is 3.94. The Morgan fingerprint density at radius 1 is 1.33 bits per heavy atom. The average molecular weight is 285 g/mol. The fourth-order valence-corrected chi connectivity index (χ4v) is 2.80. The zero-order valence-electron chi connectivity index (χ0n) is 12.1. The zero-order valence-corrected chi connectivity index (χ0v) is 12.1. The largest absolute Gasteiger partial charge is 0.397 e. The SMILES string of the molecule is Cc1cc(N)c(C2CCOCC2)nc1-c1ccc(=O)[nH]c1. The fourth-order valence-electron chi connectivity index (χ4n) is 2.80. The predicted molar refractivity (Wildman–Crippen MR) is 82.2 cm³/mol. The molecule has 5 nitrogen and oxygen atoms in total. The molecule has 0 bridgehead atoms. The van der Waals surface area contributed by atoms with Crippen LogP contribution in [0.15, 0.2) is 29.2 Å². The standard InChI is InChI=1S/C16H19N3O2/c1-10-8-13(17)16(11-4-6-21-7-5-11)19-15(10)12-2-3-14(20)18-9-12/h2-3,8-9,11H,4-7,17H2,1H3,(H,18,20). The molecule has 5 heteroatoms. The number of pyridine rings is 2. The number of aromatic nitrogens is 2. The lowest BCUT2D eigenvalue weighted by molar-refractivity contribution is 0.0847. The molecule has 0 amide bonds. The number of nitrogens with two attached hydrogens (primary N) is 1. The van der Waals surface area contributed by atoms with Crippen molar-refractivity contribution in [3.05, 3.63) is 46.0 Å². The van der Waals surface area contributed by atoms with Gasteiger partial charge in [-0.3, -0.25) is 9.78 Å². The highest BCUT2D eigenvalue weighted by molar-refractivity contribution is 5.65. The number of nitrogen functional groups attached to an aromatic ring is 1. The van der Waals surface area contributed by atoms with Gasteiger partial charge in [-0.15, -0.1) is 0 Å². The van der Waals surface area contributed by atoms with Crippen LogP contribution in [0.5, 0.6) is 0 Å². The second kappa shape index (κ2) is 5.69. The van der Waals surface area contributed by atoms with Crippen molar-refractivity contribution < 1.29 is 4.74 Å². The van der Waals surface area contributed by atoms with Crippen LogP contribution in [0.2, 0.25) is 0 Å². The van der Waals surface area contributed by atoms with E-state index in [-0.39, 0.29) is 5.56 Å². The first-order chi connectivity index (χ1) is 10.1. The highest BCUT2D eigenvalue weighted by Crippen LogP contribution is 2.32. The molecule has 1 fully saturated rings. The molecule has 3 heterocycles. The van der Waals surface area contributed by atoms with E-state index in [9.17, 15) is 4.79 Å². The van der Waals surface area contributed by atoms with E-state index in [0.717, 1.165) is 54.3 Å². The third kappa shape index (κ3) is 2.83. The summed E-state index contributed by atoms with van der Waals surface area (Å²) in [7, 11) is 0. The molecule has 2 aromatic rings. The van der Waals surface area contributed by atoms with Crippen LogP contribution in [-0.2, 0) is 4.74 Å². The van der Waals surface area contributed by atoms with Gasteiger partial charge in [0, 0.05) is 37.0 Å². The molecule has 110 valence electrons. The Labute approximate surface area is 123 Å². The van der Waals surface area contributed by atoms with E-state index < -0.39 is 0 Å². The minimum absolute atomic E-state index is 0.114. The number of nitrogens with one attached hydrogen (secondary N) is 1. The van der Waals surface area contributed by atoms with Crippen LogP contribution >= 0.6 is 0 Å². The molecule has 0 saturated carbocycles. The first kappa shape index (κ1) is 13.8. The summed E-state index contributed by atoms with van der Waals surface area (Å²) in [5.41, 5.74) is 10.5. The van der Waals surface area contributed by atoms with Gasteiger partial charge >= 0.3 is 0 Å². The van der Waals surface area contributed by atoms with E-state index >= 15 is 0 Å². The van der Waals surface area contributed by atoms with Gasteiger partial charge in [-0.2, -0.15) is 0 Å². The molecule has 1 aliphatic rings. The molecular weight excluding hydrogens is 266 g/mol. The van der Waals surface area contributed by atoms with Crippen molar-refractivity contribution in [2.75, 3.05) is 18.9 Å². The van der Waals surface area contributed by atoms with Crippen LogP contribution in [-0.4, -0.2) is 23.2 Å². The second-order valence-electron chi connectivity index (χ2n) is 5.46.